The maximum Gasteiger partial charge on any atom is 0.315 e. The number of rotatable bonds is 5. The summed E-state index contributed by atoms with van der Waals surface area (Å²) in [7, 11) is 0. The largest absolute Gasteiger partial charge is 0.406 e. The Bertz CT molecular complexity index is 916. The van der Waals surface area contributed by atoms with Gasteiger partial charge in [-0.15, -0.1) is 0 Å². The number of hydrogen-bond donors (Lipinski definition) is 0. The molecule has 0 spiro atoms. The van der Waals surface area contributed by atoms with Gasteiger partial charge in [-0.2, -0.15) is 9.78 Å². The summed E-state index contributed by atoms with van der Waals surface area (Å²) in [5.74, 6) is 0.378. The molecule has 1 aliphatic rings. The average molecular weight is 378 g/mol. The minimum atomic E-state index is -0.139. The highest BCUT2D eigenvalue weighted by molar-refractivity contribution is 7.99. The van der Waals surface area contributed by atoms with E-state index in [-0.39, 0.29) is 11.9 Å². The third-order valence-electron chi connectivity index (χ3n) is 4.81. The van der Waals surface area contributed by atoms with E-state index >= 15 is 0 Å². The Kier molecular flexibility index (Phi) is 5.30. The van der Waals surface area contributed by atoms with Crippen LogP contribution in [0.25, 0.3) is 5.69 Å². The maximum absolute atomic E-state index is 12.7. The fourth-order valence-electron chi connectivity index (χ4n) is 3.39. The molecule has 0 N–H and O–H groups in total. The van der Waals surface area contributed by atoms with Crippen molar-refractivity contribution in [1.29, 1.82) is 0 Å². The molecule has 0 atom stereocenters. The third kappa shape index (κ3) is 3.93. The monoisotopic (exact) mass is 378 g/mol. The van der Waals surface area contributed by atoms with Crippen molar-refractivity contribution in [2.75, 3.05) is 0 Å². The Labute approximate surface area is 163 Å². The second kappa shape index (κ2) is 8.01. The number of nitrogens with zero attached hydrogens (tertiary/aromatic N) is 2. The third-order valence-corrected chi connectivity index (χ3v) is 6.00. The van der Waals surface area contributed by atoms with Gasteiger partial charge in [0.15, 0.2) is 0 Å². The summed E-state index contributed by atoms with van der Waals surface area (Å²) in [5, 5.41) is 4.68. The maximum atomic E-state index is 12.7. The molecule has 0 aliphatic heterocycles. The Morgan fingerprint density at radius 3 is 2.33 bits per heavy atom. The van der Waals surface area contributed by atoms with E-state index in [2.05, 4.69) is 5.10 Å². The van der Waals surface area contributed by atoms with Gasteiger partial charge in [-0.1, -0.05) is 61.0 Å². The highest BCUT2D eigenvalue weighted by Gasteiger charge is 2.28. The van der Waals surface area contributed by atoms with Crippen LogP contribution < -0.4 is 4.74 Å². The first-order valence-electron chi connectivity index (χ1n) is 9.32. The average Bonchev–Trinajstić information content (AvgIpc) is 3.34. The second-order valence-corrected chi connectivity index (χ2v) is 7.87. The molecule has 0 unspecified atom stereocenters. The summed E-state index contributed by atoms with van der Waals surface area (Å²) in [4.78, 5) is 14.7. The van der Waals surface area contributed by atoms with Gasteiger partial charge in [-0.05, 0) is 44.0 Å². The molecular formula is C22H22N2O2S. The summed E-state index contributed by atoms with van der Waals surface area (Å²) in [6.07, 6.45) is 4.03. The standard InChI is InChI=1S/C22H22N2O2S/c1-16-20(27-19-14-6-3-7-15-19)21(26-22(25)17-10-8-9-11-17)24(23-16)18-12-4-2-5-13-18/h2-7,12-15,17H,8-11H2,1H3. The second-order valence-electron chi connectivity index (χ2n) is 6.78. The van der Waals surface area contributed by atoms with Crippen LogP contribution in [0.3, 0.4) is 0 Å². The van der Waals surface area contributed by atoms with Gasteiger partial charge in [-0.3, -0.25) is 4.79 Å². The molecule has 138 valence electrons. The van der Waals surface area contributed by atoms with Gasteiger partial charge in [-0.25, -0.2) is 0 Å². The highest BCUT2D eigenvalue weighted by Crippen LogP contribution is 2.39. The normalized spacial score (nSPS) is 14.4. The van der Waals surface area contributed by atoms with Gasteiger partial charge in [0.1, 0.15) is 0 Å². The number of ether oxygens (including phenoxy) is 1. The van der Waals surface area contributed by atoms with Crippen molar-refractivity contribution in [1.82, 2.24) is 9.78 Å². The molecule has 27 heavy (non-hydrogen) atoms. The molecule has 5 heteroatoms. The molecule has 1 saturated carbocycles. The number of carbonyl (C=O) groups is 1. The summed E-state index contributed by atoms with van der Waals surface area (Å²) >= 11 is 1.58. The van der Waals surface area contributed by atoms with Gasteiger partial charge in [0, 0.05) is 4.90 Å². The van der Waals surface area contributed by atoms with Crippen molar-refractivity contribution in [3.05, 3.63) is 66.4 Å². The molecule has 1 heterocycles. The number of carbonyl (C=O) groups excluding carboxylic acids is 1. The fourth-order valence-corrected chi connectivity index (χ4v) is 4.32. The van der Waals surface area contributed by atoms with E-state index in [1.807, 2.05) is 67.6 Å². The van der Waals surface area contributed by atoms with E-state index in [0.717, 1.165) is 46.9 Å². The van der Waals surface area contributed by atoms with E-state index in [9.17, 15) is 4.79 Å². The molecule has 1 aromatic heterocycles. The minimum Gasteiger partial charge on any atom is -0.406 e. The van der Waals surface area contributed by atoms with Crippen LogP contribution in [-0.4, -0.2) is 15.7 Å². The lowest BCUT2D eigenvalue weighted by molar-refractivity contribution is -0.139. The summed E-state index contributed by atoms with van der Waals surface area (Å²) in [5.41, 5.74) is 1.73. The lowest BCUT2D eigenvalue weighted by atomic mass is 10.1. The van der Waals surface area contributed by atoms with E-state index in [0.29, 0.717) is 5.88 Å². The van der Waals surface area contributed by atoms with Gasteiger partial charge in [0.05, 0.1) is 22.2 Å². The van der Waals surface area contributed by atoms with Crippen molar-refractivity contribution < 1.29 is 9.53 Å². The number of esters is 1. The summed E-state index contributed by atoms with van der Waals surface area (Å²) < 4.78 is 7.69. The number of hydrogen-bond acceptors (Lipinski definition) is 4. The van der Waals surface area contributed by atoms with Crippen molar-refractivity contribution in [3.63, 3.8) is 0 Å². The summed E-state index contributed by atoms with van der Waals surface area (Å²) in [6.45, 7) is 1.96. The first kappa shape index (κ1) is 17.9. The Hall–Kier alpha value is -2.53. The van der Waals surface area contributed by atoms with Crippen molar-refractivity contribution in [3.8, 4) is 11.6 Å². The summed E-state index contributed by atoms with van der Waals surface area (Å²) in [6, 6.07) is 19.9. The first-order valence-corrected chi connectivity index (χ1v) is 10.1. The van der Waals surface area contributed by atoms with Gasteiger partial charge in [0.25, 0.3) is 0 Å². The van der Waals surface area contributed by atoms with Gasteiger partial charge in [0.2, 0.25) is 5.88 Å². The predicted octanol–water partition coefficient (Wildman–Crippen LogP) is 5.43. The zero-order chi connectivity index (χ0) is 18.6. The van der Waals surface area contributed by atoms with Crippen LogP contribution in [0.4, 0.5) is 0 Å². The van der Waals surface area contributed by atoms with Crippen LogP contribution >= 0.6 is 11.8 Å². The van der Waals surface area contributed by atoms with Crippen LogP contribution in [0, 0.1) is 12.8 Å². The van der Waals surface area contributed by atoms with Crippen molar-refractivity contribution in [2.45, 2.75) is 42.4 Å². The van der Waals surface area contributed by atoms with Crippen LogP contribution in [0.1, 0.15) is 31.4 Å². The molecule has 0 radical (unpaired) electrons. The zero-order valence-corrected chi connectivity index (χ0v) is 16.1. The molecule has 0 saturated heterocycles. The van der Waals surface area contributed by atoms with Gasteiger partial charge >= 0.3 is 5.97 Å². The highest BCUT2D eigenvalue weighted by atomic mass is 32.2. The number of aryl methyl sites for hydroxylation is 1. The number of para-hydroxylation sites is 1. The number of aromatic nitrogens is 2. The molecule has 3 aromatic rings. The van der Waals surface area contributed by atoms with E-state index < -0.39 is 0 Å². The molecule has 1 aliphatic carbocycles. The van der Waals surface area contributed by atoms with Crippen molar-refractivity contribution >= 4 is 17.7 Å². The molecule has 2 aromatic carbocycles. The van der Waals surface area contributed by atoms with E-state index in [1.165, 1.54) is 0 Å². The molecule has 4 rings (SSSR count). The van der Waals surface area contributed by atoms with E-state index in [4.69, 9.17) is 4.74 Å². The van der Waals surface area contributed by atoms with Gasteiger partial charge < -0.3 is 4.74 Å². The lowest BCUT2D eigenvalue weighted by Gasteiger charge is -2.13. The quantitative estimate of drug-likeness (QED) is 0.556. The topological polar surface area (TPSA) is 44.1 Å². The molecule has 0 bridgehead atoms. The minimum absolute atomic E-state index is 0.000922. The Morgan fingerprint density at radius 2 is 1.67 bits per heavy atom. The van der Waals surface area contributed by atoms with Crippen molar-refractivity contribution in [2.24, 2.45) is 5.92 Å². The molecule has 1 fully saturated rings. The Balaban J connectivity index is 1.73. The molecule has 0 amide bonds. The van der Waals surface area contributed by atoms with E-state index in [1.54, 1.807) is 16.4 Å². The predicted molar refractivity (Wildman–Crippen MR) is 106 cm³/mol. The smallest absolute Gasteiger partial charge is 0.315 e. The van der Waals surface area contributed by atoms with Crippen LogP contribution in [0.5, 0.6) is 5.88 Å². The molecule has 4 nitrogen and oxygen atoms in total. The first-order chi connectivity index (χ1) is 13.2. The molecular weight excluding hydrogens is 356 g/mol. The number of benzene rings is 2. The lowest BCUT2D eigenvalue weighted by Crippen LogP contribution is -2.19. The SMILES string of the molecule is Cc1nn(-c2ccccc2)c(OC(=O)C2CCCC2)c1Sc1ccccc1. The van der Waals surface area contributed by atoms with Crippen LogP contribution in [-0.2, 0) is 4.79 Å². The van der Waals surface area contributed by atoms with Crippen LogP contribution in [0.15, 0.2) is 70.5 Å². The Morgan fingerprint density at radius 1 is 1.04 bits per heavy atom. The van der Waals surface area contributed by atoms with Crippen LogP contribution in [0.2, 0.25) is 0 Å². The zero-order valence-electron chi connectivity index (χ0n) is 15.3. The fraction of sp³-hybridized carbons (Fsp3) is 0.273.